The van der Waals surface area contributed by atoms with Crippen molar-refractivity contribution in [2.45, 2.75) is 25.0 Å². The number of aliphatic hydroxyl groups excluding tert-OH is 1. The van der Waals surface area contributed by atoms with Crippen molar-refractivity contribution < 1.29 is 19.0 Å². The van der Waals surface area contributed by atoms with Crippen LogP contribution < -0.4 is 4.74 Å². The minimum Gasteiger partial charge on any atom is -0.488 e. The fourth-order valence-corrected chi connectivity index (χ4v) is 4.83. The molecule has 1 aromatic carbocycles. The number of aryl methyl sites for hydroxylation is 1. The maximum absolute atomic E-state index is 13.1. The number of halogens is 1. The van der Waals surface area contributed by atoms with Crippen LogP contribution in [0.3, 0.4) is 0 Å². The van der Waals surface area contributed by atoms with Crippen LogP contribution in [0, 0.1) is 17.7 Å². The normalized spacial score (nSPS) is 25.5. The van der Waals surface area contributed by atoms with Gasteiger partial charge in [-0.25, -0.2) is 4.39 Å². The van der Waals surface area contributed by atoms with Crippen LogP contribution in [0.25, 0.3) is 11.4 Å². The first-order chi connectivity index (χ1) is 15.0. The summed E-state index contributed by atoms with van der Waals surface area (Å²) in [6.45, 7) is 1.24. The summed E-state index contributed by atoms with van der Waals surface area (Å²) >= 11 is 0. The van der Waals surface area contributed by atoms with Gasteiger partial charge in [0.2, 0.25) is 0 Å². The van der Waals surface area contributed by atoms with Crippen molar-refractivity contribution in [3.05, 3.63) is 60.2 Å². The molecule has 4 atom stereocenters. The zero-order chi connectivity index (χ0) is 21.5. The number of ether oxygens (including phenoxy) is 1. The molecule has 7 nitrogen and oxygen atoms in total. The third-order valence-electron chi connectivity index (χ3n) is 6.49. The maximum atomic E-state index is 13.1. The molecule has 0 bridgehead atoms. The molecule has 2 N–H and O–H groups in total. The minimum absolute atomic E-state index is 0.0761. The number of aliphatic hydroxyl groups is 1. The second kappa shape index (κ2) is 7.85. The number of carbonyl (C=O) groups excluding carboxylic acids is 1. The zero-order valence-corrected chi connectivity index (χ0v) is 17.2. The number of H-pyrrole nitrogens is 1. The van der Waals surface area contributed by atoms with Crippen LogP contribution in [-0.2, 0) is 7.05 Å². The highest BCUT2D eigenvalue weighted by molar-refractivity contribution is 5.93. The lowest BCUT2D eigenvalue weighted by Gasteiger charge is -2.35. The molecule has 1 saturated carbocycles. The summed E-state index contributed by atoms with van der Waals surface area (Å²) in [5, 5.41) is 17.8. The largest absolute Gasteiger partial charge is 0.488 e. The van der Waals surface area contributed by atoms with Crippen LogP contribution >= 0.6 is 0 Å². The van der Waals surface area contributed by atoms with Crippen molar-refractivity contribution in [3.63, 3.8) is 0 Å². The molecule has 1 aliphatic carbocycles. The standard InChI is InChI=1S/C23H25FN4O3/c1-27-8-2-3-20(27)18-11-19(26-25-18)23(30)28-12-14-9-21(29)22(10-15(14)13-28)31-17-6-4-16(24)5-7-17/h2-8,11,14-15,21-22,29H,9-10,12-13H2,1H3,(H,25,26)/t14-,15+,21+,22+/m0/s1. The van der Waals surface area contributed by atoms with E-state index in [1.54, 1.807) is 18.2 Å². The Bertz CT molecular complexity index is 1080. The van der Waals surface area contributed by atoms with E-state index in [-0.39, 0.29) is 29.7 Å². The number of benzene rings is 1. The minimum atomic E-state index is -0.613. The highest BCUT2D eigenvalue weighted by atomic mass is 19.1. The van der Waals surface area contributed by atoms with Crippen LogP contribution in [0.4, 0.5) is 4.39 Å². The van der Waals surface area contributed by atoms with Gasteiger partial charge in [0, 0.05) is 26.3 Å². The maximum Gasteiger partial charge on any atom is 0.271 e. The molecule has 2 aliphatic rings. The number of amides is 1. The first kappa shape index (κ1) is 19.8. The highest BCUT2D eigenvalue weighted by Gasteiger charge is 2.44. The van der Waals surface area contributed by atoms with Gasteiger partial charge in [-0.15, -0.1) is 0 Å². The third-order valence-corrected chi connectivity index (χ3v) is 6.49. The van der Waals surface area contributed by atoms with Gasteiger partial charge >= 0.3 is 0 Å². The van der Waals surface area contributed by atoms with Crippen molar-refractivity contribution in [1.82, 2.24) is 19.7 Å². The van der Waals surface area contributed by atoms with E-state index in [1.165, 1.54) is 12.1 Å². The van der Waals surface area contributed by atoms with Gasteiger partial charge in [-0.2, -0.15) is 5.10 Å². The number of fused-ring (bicyclic) bond motifs is 1. The average Bonchev–Trinajstić information content (AvgIpc) is 3.48. The molecule has 3 heterocycles. The molecule has 162 valence electrons. The second-order valence-electron chi connectivity index (χ2n) is 8.55. The summed E-state index contributed by atoms with van der Waals surface area (Å²) in [4.78, 5) is 14.9. The predicted molar refractivity (Wildman–Crippen MR) is 112 cm³/mol. The van der Waals surface area contributed by atoms with E-state index >= 15 is 0 Å². The molecule has 0 radical (unpaired) electrons. The molecule has 31 heavy (non-hydrogen) atoms. The first-order valence-corrected chi connectivity index (χ1v) is 10.5. The topological polar surface area (TPSA) is 83.4 Å². The van der Waals surface area contributed by atoms with Crippen molar-refractivity contribution in [3.8, 4) is 17.1 Å². The summed E-state index contributed by atoms with van der Waals surface area (Å²) in [7, 11) is 1.94. The molecule has 5 rings (SSSR count). The Morgan fingerprint density at radius 1 is 1.19 bits per heavy atom. The van der Waals surface area contributed by atoms with E-state index in [1.807, 2.05) is 34.8 Å². The SMILES string of the molecule is Cn1cccc1-c1cc(C(=O)N2C[C@H]3C[C@@H](Oc4ccc(F)cc4)[C@H](O)C[C@H]3C2)[nH]n1. The highest BCUT2D eigenvalue weighted by Crippen LogP contribution is 2.38. The smallest absolute Gasteiger partial charge is 0.271 e. The molecule has 2 aromatic heterocycles. The molecule has 1 aliphatic heterocycles. The van der Waals surface area contributed by atoms with E-state index in [0.717, 1.165) is 11.4 Å². The fourth-order valence-electron chi connectivity index (χ4n) is 4.83. The number of aromatic amines is 1. The van der Waals surface area contributed by atoms with E-state index in [4.69, 9.17) is 4.74 Å². The van der Waals surface area contributed by atoms with Crippen LogP contribution in [0.5, 0.6) is 5.75 Å². The fraction of sp³-hybridized carbons (Fsp3) is 0.391. The van der Waals surface area contributed by atoms with Gasteiger partial charge in [0.05, 0.1) is 11.8 Å². The number of nitrogens with one attached hydrogen (secondary N) is 1. The lowest BCUT2D eigenvalue weighted by Crippen LogP contribution is -2.42. The van der Waals surface area contributed by atoms with Crippen molar-refractivity contribution >= 4 is 5.91 Å². The van der Waals surface area contributed by atoms with E-state index in [0.29, 0.717) is 37.4 Å². The van der Waals surface area contributed by atoms with Gasteiger partial charge in [0.15, 0.2) is 0 Å². The van der Waals surface area contributed by atoms with Gasteiger partial charge in [-0.05, 0) is 67.1 Å². The quantitative estimate of drug-likeness (QED) is 0.675. The van der Waals surface area contributed by atoms with E-state index in [2.05, 4.69) is 10.2 Å². The summed E-state index contributed by atoms with van der Waals surface area (Å²) in [6.07, 6.45) is 2.20. The van der Waals surface area contributed by atoms with Gasteiger partial charge < -0.3 is 19.3 Å². The molecule has 3 aromatic rings. The Balaban J connectivity index is 1.25. The number of hydrogen-bond donors (Lipinski definition) is 2. The zero-order valence-electron chi connectivity index (χ0n) is 17.2. The molecular formula is C23H25FN4O3. The van der Waals surface area contributed by atoms with E-state index in [9.17, 15) is 14.3 Å². The Kier molecular flexibility index (Phi) is 5.02. The Hall–Kier alpha value is -3.13. The van der Waals surface area contributed by atoms with E-state index < -0.39 is 6.10 Å². The summed E-state index contributed by atoms with van der Waals surface area (Å²) in [5.41, 5.74) is 2.14. The molecule has 1 amide bonds. The summed E-state index contributed by atoms with van der Waals surface area (Å²) < 4.78 is 21.0. The van der Waals surface area contributed by atoms with Crippen molar-refractivity contribution in [1.29, 1.82) is 0 Å². The van der Waals surface area contributed by atoms with Crippen LogP contribution in [0.2, 0.25) is 0 Å². The van der Waals surface area contributed by atoms with Gasteiger partial charge in [-0.1, -0.05) is 0 Å². The molecule has 0 unspecified atom stereocenters. The lowest BCUT2D eigenvalue weighted by molar-refractivity contribution is -0.0231. The molecular weight excluding hydrogens is 399 g/mol. The van der Waals surface area contributed by atoms with Crippen LogP contribution in [0.1, 0.15) is 23.3 Å². The predicted octanol–water partition coefficient (Wildman–Crippen LogP) is 2.84. The molecule has 8 heteroatoms. The monoisotopic (exact) mass is 424 g/mol. The van der Waals surface area contributed by atoms with Gasteiger partial charge in [0.1, 0.15) is 29.1 Å². The number of hydrogen-bond acceptors (Lipinski definition) is 4. The Morgan fingerprint density at radius 2 is 1.94 bits per heavy atom. The van der Waals surface area contributed by atoms with Gasteiger partial charge in [-0.3, -0.25) is 9.89 Å². The number of aromatic nitrogens is 3. The van der Waals surface area contributed by atoms with Gasteiger partial charge in [0.25, 0.3) is 5.91 Å². The number of likely N-dealkylation sites (tertiary alicyclic amines) is 1. The Labute approximate surface area is 179 Å². The van der Waals surface area contributed by atoms with Crippen molar-refractivity contribution in [2.24, 2.45) is 18.9 Å². The summed E-state index contributed by atoms with van der Waals surface area (Å²) in [5.74, 6) is 0.638. The number of nitrogens with zero attached hydrogens (tertiary/aromatic N) is 3. The lowest BCUT2D eigenvalue weighted by atomic mass is 9.78. The first-order valence-electron chi connectivity index (χ1n) is 10.5. The third kappa shape index (κ3) is 3.83. The summed E-state index contributed by atoms with van der Waals surface area (Å²) in [6, 6.07) is 11.5. The second-order valence-corrected chi connectivity index (χ2v) is 8.55. The Morgan fingerprint density at radius 3 is 2.65 bits per heavy atom. The average molecular weight is 424 g/mol. The van der Waals surface area contributed by atoms with Crippen LogP contribution in [-0.4, -0.2) is 56.0 Å². The van der Waals surface area contributed by atoms with Crippen LogP contribution in [0.15, 0.2) is 48.7 Å². The molecule has 0 spiro atoms. The number of carbonyl (C=O) groups is 1. The number of rotatable bonds is 4. The molecule has 2 fully saturated rings. The molecule has 1 saturated heterocycles. The van der Waals surface area contributed by atoms with Crippen molar-refractivity contribution in [2.75, 3.05) is 13.1 Å².